The van der Waals surface area contributed by atoms with Crippen LogP contribution in [0.5, 0.6) is 0 Å². The molecule has 0 radical (unpaired) electrons. The van der Waals surface area contributed by atoms with Gasteiger partial charge in [-0.25, -0.2) is 8.78 Å². The third-order valence-electron chi connectivity index (χ3n) is 4.49. The molecule has 116 valence electrons. The number of hydrogen-bond acceptors (Lipinski definition) is 2. The largest absolute Gasteiger partial charge is 0.330 e. The van der Waals surface area contributed by atoms with Crippen LogP contribution in [-0.4, -0.2) is 24.5 Å². The van der Waals surface area contributed by atoms with E-state index >= 15 is 0 Å². The Morgan fingerprint density at radius 2 is 1.64 bits per heavy atom. The molecule has 1 fully saturated rings. The van der Waals surface area contributed by atoms with Crippen molar-refractivity contribution in [1.29, 1.82) is 0 Å². The van der Waals surface area contributed by atoms with Crippen LogP contribution in [0.25, 0.3) is 0 Å². The van der Waals surface area contributed by atoms with Crippen molar-refractivity contribution < 1.29 is 8.78 Å². The molecule has 0 saturated carbocycles. The van der Waals surface area contributed by atoms with Gasteiger partial charge in [0.2, 0.25) is 0 Å². The summed E-state index contributed by atoms with van der Waals surface area (Å²) in [4.78, 5) is 2.09. The van der Waals surface area contributed by atoms with Gasteiger partial charge in [0, 0.05) is 31.1 Å². The molecule has 0 bridgehead atoms. The molecule has 2 aromatic rings. The Kier molecular flexibility index (Phi) is 4.50. The Morgan fingerprint density at radius 3 is 2.27 bits per heavy atom. The molecular formula is C18H20F2N2. The van der Waals surface area contributed by atoms with Crippen LogP contribution in [0.4, 0.5) is 8.78 Å². The zero-order chi connectivity index (χ0) is 15.5. The molecule has 0 unspecified atom stereocenters. The van der Waals surface area contributed by atoms with E-state index < -0.39 is 11.6 Å². The van der Waals surface area contributed by atoms with Gasteiger partial charge < -0.3 is 5.73 Å². The Hall–Kier alpha value is -1.78. The van der Waals surface area contributed by atoms with Crippen LogP contribution >= 0.6 is 0 Å². The normalized spacial score (nSPS) is 22.1. The first-order valence-electron chi connectivity index (χ1n) is 7.59. The number of rotatable bonds is 4. The highest BCUT2D eigenvalue weighted by Crippen LogP contribution is 2.33. The van der Waals surface area contributed by atoms with Gasteiger partial charge in [-0.15, -0.1) is 0 Å². The highest BCUT2D eigenvalue weighted by atomic mass is 19.1. The Balaban J connectivity index is 1.77. The fourth-order valence-corrected chi connectivity index (χ4v) is 3.31. The second kappa shape index (κ2) is 6.55. The predicted octanol–water partition coefficient (Wildman–Crippen LogP) is 3.14. The Morgan fingerprint density at radius 1 is 0.955 bits per heavy atom. The summed E-state index contributed by atoms with van der Waals surface area (Å²) in [5.74, 6) is -0.321. The molecule has 4 heteroatoms. The van der Waals surface area contributed by atoms with E-state index in [0.717, 1.165) is 13.1 Å². The van der Waals surface area contributed by atoms with E-state index in [1.807, 2.05) is 18.2 Å². The molecule has 2 aromatic carbocycles. The third-order valence-corrected chi connectivity index (χ3v) is 4.49. The van der Waals surface area contributed by atoms with Gasteiger partial charge in [0.25, 0.3) is 0 Å². The van der Waals surface area contributed by atoms with E-state index in [2.05, 4.69) is 17.0 Å². The van der Waals surface area contributed by atoms with Gasteiger partial charge in [-0.05, 0) is 30.2 Å². The molecule has 0 aliphatic carbocycles. The lowest BCUT2D eigenvalue weighted by Gasteiger charge is -2.17. The third kappa shape index (κ3) is 3.03. The van der Waals surface area contributed by atoms with Gasteiger partial charge in [-0.2, -0.15) is 0 Å². The maximum absolute atomic E-state index is 13.8. The van der Waals surface area contributed by atoms with E-state index in [1.54, 1.807) is 0 Å². The van der Waals surface area contributed by atoms with Crippen molar-refractivity contribution in [3.05, 3.63) is 71.3 Å². The number of benzene rings is 2. The van der Waals surface area contributed by atoms with E-state index in [0.29, 0.717) is 24.9 Å². The summed E-state index contributed by atoms with van der Waals surface area (Å²) in [6, 6.07) is 14.2. The first kappa shape index (κ1) is 15.1. The van der Waals surface area contributed by atoms with Crippen molar-refractivity contribution in [3.63, 3.8) is 0 Å². The molecule has 2 atom stereocenters. The van der Waals surface area contributed by atoms with Gasteiger partial charge in [0.1, 0.15) is 11.6 Å². The minimum Gasteiger partial charge on any atom is -0.330 e. The van der Waals surface area contributed by atoms with Crippen LogP contribution in [0, 0.1) is 17.6 Å². The van der Waals surface area contributed by atoms with Crippen LogP contribution in [0.2, 0.25) is 0 Å². The first-order valence-corrected chi connectivity index (χ1v) is 7.59. The lowest BCUT2D eigenvalue weighted by atomic mass is 9.89. The summed E-state index contributed by atoms with van der Waals surface area (Å²) in [5, 5.41) is 0. The Labute approximate surface area is 129 Å². The molecule has 1 saturated heterocycles. The molecule has 0 aromatic heterocycles. The molecule has 1 aliphatic heterocycles. The summed E-state index contributed by atoms with van der Waals surface area (Å²) in [6.07, 6.45) is 0. The lowest BCUT2D eigenvalue weighted by Crippen LogP contribution is -2.24. The second-order valence-electron chi connectivity index (χ2n) is 5.91. The number of nitrogens with zero attached hydrogens (tertiary/aromatic N) is 1. The van der Waals surface area contributed by atoms with E-state index in [1.165, 1.54) is 23.8 Å². The summed E-state index contributed by atoms with van der Waals surface area (Å²) in [5.41, 5.74) is 7.29. The number of halogens is 2. The van der Waals surface area contributed by atoms with Gasteiger partial charge >= 0.3 is 0 Å². The van der Waals surface area contributed by atoms with Crippen LogP contribution in [0.15, 0.2) is 48.5 Å². The quantitative estimate of drug-likeness (QED) is 0.940. The number of hydrogen-bond donors (Lipinski definition) is 1. The molecular weight excluding hydrogens is 282 g/mol. The smallest absolute Gasteiger partial charge is 0.130 e. The zero-order valence-electron chi connectivity index (χ0n) is 12.4. The fourth-order valence-electron chi connectivity index (χ4n) is 3.31. The van der Waals surface area contributed by atoms with Crippen molar-refractivity contribution >= 4 is 0 Å². The van der Waals surface area contributed by atoms with Gasteiger partial charge in [0.05, 0.1) is 0 Å². The minimum atomic E-state index is -0.479. The summed E-state index contributed by atoms with van der Waals surface area (Å²) in [6.45, 7) is 2.41. The van der Waals surface area contributed by atoms with Crippen molar-refractivity contribution in [3.8, 4) is 0 Å². The average molecular weight is 302 g/mol. The highest BCUT2D eigenvalue weighted by molar-refractivity contribution is 5.24. The van der Waals surface area contributed by atoms with E-state index in [9.17, 15) is 8.78 Å². The van der Waals surface area contributed by atoms with E-state index in [4.69, 9.17) is 5.73 Å². The van der Waals surface area contributed by atoms with Crippen molar-refractivity contribution in [2.45, 2.75) is 12.5 Å². The number of nitrogens with two attached hydrogens (primary N) is 1. The van der Waals surface area contributed by atoms with Crippen LogP contribution in [0.1, 0.15) is 17.0 Å². The van der Waals surface area contributed by atoms with Crippen LogP contribution < -0.4 is 5.73 Å². The van der Waals surface area contributed by atoms with Crippen LogP contribution in [-0.2, 0) is 6.54 Å². The van der Waals surface area contributed by atoms with Crippen molar-refractivity contribution in [2.75, 3.05) is 19.6 Å². The van der Waals surface area contributed by atoms with Crippen molar-refractivity contribution in [2.24, 2.45) is 11.7 Å². The number of likely N-dealkylation sites (tertiary alicyclic amines) is 1. The Bertz CT molecular complexity index is 610. The monoisotopic (exact) mass is 302 g/mol. The molecule has 0 spiro atoms. The standard InChI is InChI=1S/C18H20F2N2/c19-17-7-4-8-18(20)16(17)12-22-10-14(9-21)15(11-22)13-5-2-1-3-6-13/h1-8,14-15H,9-12,21H2/t14-,15+/m1/s1. The van der Waals surface area contributed by atoms with Crippen LogP contribution in [0.3, 0.4) is 0 Å². The maximum atomic E-state index is 13.8. The van der Waals surface area contributed by atoms with E-state index in [-0.39, 0.29) is 5.56 Å². The average Bonchev–Trinajstić information content (AvgIpc) is 2.95. The summed E-state index contributed by atoms with van der Waals surface area (Å²) >= 11 is 0. The molecule has 3 rings (SSSR count). The zero-order valence-corrected chi connectivity index (χ0v) is 12.4. The SMILES string of the molecule is NC[C@@H]1CN(Cc2c(F)cccc2F)C[C@H]1c1ccccc1. The molecule has 22 heavy (non-hydrogen) atoms. The van der Waals surface area contributed by atoms with Crippen molar-refractivity contribution in [1.82, 2.24) is 4.90 Å². The fraction of sp³-hybridized carbons (Fsp3) is 0.333. The van der Waals surface area contributed by atoms with Gasteiger partial charge in [-0.1, -0.05) is 36.4 Å². The molecule has 1 aliphatic rings. The highest BCUT2D eigenvalue weighted by Gasteiger charge is 2.33. The predicted molar refractivity (Wildman–Crippen MR) is 83.4 cm³/mol. The second-order valence-corrected chi connectivity index (χ2v) is 5.91. The van der Waals surface area contributed by atoms with Gasteiger partial charge in [-0.3, -0.25) is 4.90 Å². The molecule has 2 nitrogen and oxygen atoms in total. The minimum absolute atomic E-state index is 0.145. The molecule has 0 amide bonds. The lowest BCUT2D eigenvalue weighted by molar-refractivity contribution is 0.305. The maximum Gasteiger partial charge on any atom is 0.130 e. The molecule has 1 heterocycles. The topological polar surface area (TPSA) is 29.3 Å². The first-order chi connectivity index (χ1) is 10.7. The summed E-state index contributed by atoms with van der Waals surface area (Å²) in [7, 11) is 0. The molecule has 2 N–H and O–H groups in total. The van der Waals surface area contributed by atoms with Gasteiger partial charge in [0.15, 0.2) is 0 Å². The summed E-state index contributed by atoms with van der Waals surface area (Å²) < 4.78 is 27.6.